The second-order valence-electron chi connectivity index (χ2n) is 2.71. The predicted molar refractivity (Wildman–Crippen MR) is 59.4 cm³/mol. The molecular formula is C9H5IN2O3. The number of aromatic nitrogens is 2. The number of hydrogen-bond donors (Lipinski definition) is 1. The van der Waals surface area contributed by atoms with E-state index >= 15 is 0 Å². The molecule has 0 aliphatic carbocycles. The van der Waals surface area contributed by atoms with E-state index in [-0.39, 0.29) is 5.82 Å². The van der Waals surface area contributed by atoms with Crippen molar-refractivity contribution in [3.63, 3.8) is 0 Å². The largest absolute Gasteiger partial charge is 0.474 e. The van der Waals surface area contributed by atoms with E-state index in [0.717, 1.165) is 9.13 Å². The third-order valence-electron chi connectivity index (χ3n) is 1.72. The van der Waals surface area contributed by atoms with E-state index in [1.165, 1.54) is 0 Å². The van der Waals surface area contributed by atoms with Crippen LogP contribution in [0.25, 0.3) is 11.4 Å². The van der Waals surface area contributed by atoms with E-state index in [1.54, 1.807) is 6.07 Å². The van der Waals surface area contributed by atoms with E-state index in [4.69, 9.17) is 5.11 Å². The molecule has 0 aliphatic rings. The number of carbonyl (C=O) groups is 1. The van der Waals surface area contributed by atoms with Crippen molar-refractivity contribution in [3.05, 3.63) is 33.7 Å². The average molecular weight is 316 g/mol. The summed E-state index contributed by atoms with van der Waals surface area (Å²) in [4.78, 5) is 14.3. The highest BCUT2D eigenvalue weighted by Gasteiger charge is 2.15. The maximum absolute atomic E-state index is 10.5. The summed E-state index contributed by atoms with van der Waals surface area (Å²) in [6.07, 6.45) is 0. The molecular weight excluding hydrogens is 311 g/mol. The van der Waals surface area contributed by atoms with Crippen LogP contribution >= 0.6 is 22.6 Å². The third-order valence-corrected chi connectivity index (χ3v) is 2.66. The zero-order valence-electron chi connectivity index (χ0n) is 7.35. The number of nitrogens with zero attached hydrogens (tertiary/aromatic N) is 2. The van der Waals surface area contributed by atoms with E-state index < -0.39 is 11.9 Å². The standard InChI is InChI=1S/C9H5IN2O3/c10-6-4-2-1-3-5(6)7-11-8(9(13)14)15-12-7/h1-4H,(H,13,14). The van der Waals surface area contributed by atoms with Crippen molar-refractivity contribution in [1.29, 1.82) is 0 Å². The average Bonchev–Trinajstić information content (AvgIpc) is 2.67. The number of hydrogen-bond acceptors (Lipinski definition) is 4. The summed E-state index contributed by atoms with van der Waals surface area (Å²) in [5, 5.41) is 12.2. The van der Waals surface area contributed by atoms with E-state index in [2.05, 4.69) is 37.3 Å². The number of carboxylic acids is 1. The highest BCUT2D eigenvalue weighted by molar-refractivity contribution is 14.1. The Morgan fingerprint density at radius 2 is 2.13 bits per heavy atom. The summed E-state index contributed by atoms with van der Waals surface area (Å²) >= 11 is 2.12. The molecule has 0 spiro atoms. The van der Waals surface area contributed by atoms with Crippen molar-refractivity contribution in [2.75, 3.05) is 0 Å². The molecule has 0 fully saturated rings. The molecule has 76 valence electrons. The van der Waals surface area contributed by atoms with E-state index in [9.17, 15) is 4.79 Å². The highest BCUT2D eigenvalue weighted by Crippen LogP contribution is 2.21. The maximum Gasteiger partial charge on any atom is 0.394 e. The first-order chi connectivity index (χ1) is 7.18. The van der Waals surface area contributed by atoms with Gasteiger partial charge in [-0.1, -0.05) is 17.3 Å². The molecule has 15 heavy (non-hydrogen) atoms. The van der Waals surface area contributed by atoms with Crippen molar-refractivity contribution in [1.82, 2.24) is 10.1 Å². The second-order valence-corrected chi connectivity index (χ2v) is 3.87. The maximum atomic E-state index is 10.5. The van der Waals surface area contributed by atoms with Crippen LogP contribution < -0.4 is 0 Å². The van der Waals surface area contributed by atoms with Crippen LogP contribution in [0.4, 0.5) is 0 Å². The van der Waals surface area contributed by atoms with Gasteiger partial charge in [0.15, 0.2) is 0 Å². The van der Waals surface area contributed by atoms with Crippen LogP contribution in [0.3, 0.4) is 0 Å². The molecule has 0 amide bonds. The summed E-state index contributed by atoms with van der Waals surface area (Å²) in [5.74, 6) is -1.33. The van der Waals surface area contributed by atoms with E-state index in [0.29, 0.717) is 0 Å². The minimum atomic E-state index is -1.22. The Hall–Kier alpha value is -1.44. The van der Waals surface area contributed by atoms with Gasteiger partial charge in [0, 0.05) is 9.13 Å². The van der Waals surface area contributed by atoms with Gasteiger partial charge in [-0.05, 0) is 34.7 Å². The van der Waals surface area contributed by atoms with E-state index in [1.807, 2.05) is 18.2 Å². The van der Waals surface area contributed by atoms with Gasteiger partial charge in [0.25, 0.3) is 0 Å². The third kappa shape index (κ3) is 1.99. The van der Waals surface area contributed by atoms with Crippen molar-refractivity contribution in [2.24, 2.45) is 0 Å². The summed E-state index contributed by atoms with van der Waals surface area (Å²) in [7, 11) is 0. The van der Waals surface area contributed by atoms with Crippen molar-refractivity contribution in [3.8, 4) is 11.4 Å². The van der Waals surface area contributed by atoms with Gasteiger partial charge in [-0.15, -0.1) is 0 Å². The molecule has 6 heteroatoms. The number of rotatable bonds is 2. The molecule has 1 aromatic heterocycles. The van der Waals surface area contributed by atoms with Crippen LogP contribution in [0.5, 0.6) is 0 Å². The first-order valence-electron chi connectivity index (χ1n) is 4.00. The minimum absolute atomic E-state index is 0.289. The second kappa shape index (κ2) is 3.97. The minimum Gasteiger partial charge on any atom is -0.474 e. The van der Waals surface area contributed by atoms with Gasteiger partial charge in [0.1, 0.15) is 0 Å². The fourth-order valence-corrected chi connectivity index (χ4v) is 1.69. The van der Waals surface area contributed by atoms with Crippen LogP contribution in [0.1, 0.15) is 10.7 Å². The Labute approximate surface area is 98.3 Å². The fraction of sp³-hybridized carbons (Fsp3) is 0. The molecule has 0 atom stereocenters. The molecule has 2 rings (SSSR count). The van der Waals surface area contributed by atoms with Gasteiger partial charge in [0.05, 0.1) is 0 Å². The van der Waals surface area contributed by atoms with Crippen molar-refractivity contribution >= 4 is 28.6 Å². The summed E-state index contributed by atoms with van der Waals surface area (Å²) in [6, 6.07) is 7.39. The Morgan fingerprint density at radius 1 is 1.40 bits per heavy atom. The Balaban J connectivity index is 2.46. The van der Waals surface area contributed by atoms with Crippen molar-refractivity contribution in [2.45, 2.75) is 0 Å². The fourth-order valence-electron chi connectivity index (χ4n) is 1.06. The quantitative estimate of drug-likeness (QED) is 0.858. The van der Waals surface area contributed by atoms with Crippen LogP contribution in [-0.2, 0) is 0 Å². The molecule has 0 radical (unpaired) electrons. The smallest absolute Gasteiger partial charge is 0.394 e. The number of benzene rings is 1. The van der Waals surface area contributed by atoms with Gasteiger partial charge in [-0.25, -0.2) is 4.79 Å². The van der Waals surface area contributed by atoms with Gasteiger partial charge < -0.3 is 9.63 Å². The molecule has 0 saturated heterocycles. The van der Waals surface area contributed by atoms with Gasteiger partial charge in [-0.3, -0.25) is 0 Å². The Bertz CT molecular complexity index is 510. The Kier molecular flexibility index (Phi) is 2.67. The first-order valence-corrected chi connectivity index (χ1v) is 5.08. The van der Waals surface area contributed by atoms with Gasteiger partial charge in [-0.2, -0.15) is 4.98 Å². The summed E-state index contributed by atoms with van der Waals surface area (Å²) < 4.78 is 5.51. The molecule has 0 saturated carbocycles. The number of aromatic carboxylic acids is 1. The molecule has 5 nitrogen and oxygen atoms in total. The molecule has 1 heterocycles. The lowest BCUT2D eigenvalue weighted by Gasteiger charge is -1.96. The lowest BCUT2D eigenvalue weighted by Crippen LogP contribution is -1.95. The monoisotopic (exact) mass is 316 g/mol. The topological polar surface area (TPSA) is 76.2 Å². The SMILES string of the molecule is O=C(O)c1nc(-c2ccccc2I)no1. The predicted octanol–water partition coefficient (Wildman–Crippen LogP) is 2.04. The van der Waals surface area contributed by atoms with Crippen LogP contribution in [0.15, 0.2) is 28.8 Å². The molecule has 1 N–H and O–H groups in total. The summed E-state index contributed by atoms with van der Waals surface area (Å²) in [5.41, 5.74) is 0.759. The number of carboxylic acid groups (broad SMARTS) is 1. The van der Waals surface area contributed by atoms with Crippen LogP contribution in [0, 0.1) is 3.57 Å². The Morgan fingerprint density at radius 3 is 2.73 bits per heavy atom. The van der Waals surface area contributed by atoms with Crippen molar-refractivity contribution < 1.29 is 14.4 Å². The highest BCUT2D eigenvalue weighted by atomic mass is 127. The molecule has 1 aromatic carbocycles. The summed E-state index contributed by atoms with van der Waals surface area (Å²) in [6.45, 7) is 0. The zero-order chi connectivity index (χ0) is 10.8. The molecule has 0 aliphatic heterocycles. The van der Waals surface area contributed by atoms with Crippen LogP contribution in [-0.4, -0.2) is 21.2 Å². The van der Waals surface area contributed by atoms with Gasteiger partial charge >= 0.3 is 11.9 Å². The lowest BCUT2D eigenvalue weighted by atomic mass is 10.2. The molecule has 0 unspecified atom stereocenters. The normalized spacial score (nSPS) is 10.2. The van der Waals surface area contributed by atoms with Gasteiger partial charge in [0.2, 0.25) is 5.82 Å². The molecule has 2 aromatic rings. The lowest BCUT2D eigenvalue weighted by molar-refractivity contribution is 0.0643. The number of halogens is 1. The molecule has 0 bridgehead atoms. The zero-order valence-corrected chi connectivity index (χ0v) is 9.50. The van der Waals surface area contributed by atoms with Crippen LogP contribution in [0.2, 0.25) is 0 Å². The first kappa shape index (κ1) is 10.1.